The maximum Gasteiger partial charge on any atom is 0.206 e. The van der Waals surface area contributed by atoms with E-state index in [-0.39, 0.29) is 0 Å². The first-order valence-corrected chi connectivity index (χ1v) is 10.7. The second kappa shape index (κ2) is 10.3. The van der Waals surface area contributed by atoms with Crippen molar-refractivity contribution < 1.29 is 14.2 Å². The van der Waals surface area contributed by atoms with E-state index in [0.717, 1.165) is 26.1 Å². The molecule has 3 aromatic rings. The summed E-state index contributed by atoms with van der Waals surface area (Å²) in [5.74, 6) is 1.67. The number of benzene rings is 2. The zero-order valence-electron chi connectivity index (χ0n) is 17.0. The van der Waals surface area contributed by atoms with E-state index in [4.69, 9.17) is 19.3 Å². The van der Waals surface area contributed by atoms with Crippen LogP contribution in [0.2, 0.25) is 0 Å². The number of rotatable bonds is 8. The highest BCUT2D eigenvalue weighted by Gasteiger charge is 2.13. The van der Waals surface area contributed by atoms with Crippen molar-refractivity contribution in [3.8, 4) is 28.5 Å². The first kappa shape index (κ1) is 21.9. The summed E-state index contributed by atoms with van der Waals surface area (Å²) in [4.78, 5) is 5.34. The molecule has 0 N–H and O–H groups in total. The van der Waals surface area contributed by atoms with Gasteiger partial charge < -0.3 is 14.2 Å². The lowest BCUT2D eigenvalue weighted by molar-refractivity contribution is 0.324. The number of hydrogen-bond acceptors (Lipinski definition) is 6. The van der Waals surface area contributed by atoms with Crippen molar-refractivity contribution in [2.75, 3.05) is 27.9 Å². The number of nitrogens with zero attached hydrogens (tertiary/aromatic N) is 3. The second-order valence-electron chi connectivity index (χ2n) is 6.06. The van der Waals surface area contributed by atoms with Gasteiger partial charge in [0.1, 0.15) is 0 Å². The van der Waals surface area contributed by atoms with Gasteiger partial charge in [0, 0.05) is 21.0 Å². The number of hydrogen-bond donors (Lipinski definition) is 0. The maximum atomic E-state index is 5.43. The van der Waals surface area contributed by atoms with E-state index in [1.54, 1.807) is 33.6 Å². The minimum atomic E-state index is 0.512. The third-order valence-electron chi connectivity index (χ3n) is 4.17. The predicted molar refractivity (Wildman–Crippen MR) is 125 cm³/mol. The molecule has 0 atom stereocenters. The summed E-state index contributed by atoms with van der Waals surface area (Å²) in [5, 5.41) is 6.75. The van der Waals surface area contributed by atoms with E-state index in [0.29, 0.717) is 23.8 Å². The molecule has 0 spiro atoms. The zero-order valence-corrected chi connectivity index (χ0v) is 19.4. The van der Waals surface area contributed by atoms with Gasteiger partial charge in [-0.2, -0.15) is 5.10 Å². The van der Waals surface area contributed by atoms with E-state index in [9.17, 15) is 0 Å². The topological polar surface area (TPSA) is 57.3 Å². The molecule has 30 heavy (non-hydrogen) atoms. The molecule has 0 aliphatic rings. The summed E-state index contributed by atoms with van der Waals surface area (Å²) < 4.78 is 19.1. The molecule has 0 aliphatic heterocycles. The third-order valence-corrected chi connectivity index (χ3v) is 5.52. The van der Waals surface area contributed by atoms with E-state index in [1.807, 2.05) is 46.5 Å². The number of ether oxygens (including phenoxy) is 3. The lowest BCUT2D eigenvalue weighted by Crippen LogP contribution is -2.12. The Kier molecular flexibility index (Phi) is 7.48. The predicted octanol–water partition coefficient (Wildman–Crippen LogP) is 4.97. The molecule has 3 rings (SSSR count). The van der Waals surface area contributed by atoms with Crippen molar-refractivity contribution in [1.29, 1.82) is 0 Å². The quantitative estimate of drug-likeness (QED) is 0.332. The van der Waals surface area contributed by atoms with E-state index < -0.39 is 0 Å². The highest BCUT2D eigenvalue weighted by Crippen LogP contribution is 2.37. The highest BCUT2D eigenvalue weighted by atomic mass is 79.9. The molecule has 0 radical (unpaired) electrons. The van der Waals surface area contributed by atoms with E-state index >= 15 is 0 Å². The monoisotopic (exact) mass is 487 g/mol. The SMILES string of the molecule is C=CCN=c1scc(-c2cccc(Br)c2)n1N=Cc1cc(OC)c(OC)c(OC)c1. The van der Waals surface area contributed by atoms with Crippen LogP contribution in [0, 0.1) is 0 Å². The number of aromatic nitrogens is 1. The summed E-state index contributed by atoms with van der Waals surface area (Å²) in [7, 11) is 4.75. The van der Waals surface area contributed by atoms with Crippen LogP contribution < -0.4 is 19.0 Å². The molecule has 0 unspecified atom stereocenters. The van der Waals surface area contributed by atoms with Crippen molar-refractivity contribution >= 4 is 33.5 Å². The molecule has 8 heteroatoms. The number of thiazole rings is 1. The van der Waals surface area contributed by atoms with Crippen LogP contribution in [-0.2, 0) is 0 Å². The Balaban J connectivity index is 2.10. The molecule has 1 heterocycles. The Bertz CT molecular complexity index is 1110. The van der Waals surface area contributed by atoms with Gasteiger partial charge in [0.15, 0.2) is 11.5 Å². The van der Waals surface area contributed by atoms with Crippen molar-refractivity contribution in [3.05, 3.63) is 69.3 Å². The molecular weight excluding hydrogens is 466 g/mol. The molecule has 0 saturated carbocycles. The molecular formula is C22H22BrN3O3S. The van der Waals surface area contributed by atoms with Crippen LogP contribution in [-0.4, -0.2) is 38.8 Å². The average molecular weight is 488 g/mol. The van der Waals surface area contributed by atoms with Crippen molar-refractivity contribution in [1.82, 2.24) is 4.68 Å². The van der Waals surface area contributed by atoms with Gasteiger partial charge in [-0.25, -0.2) is 4.68 Å². The van der Waals surface area contributed by atoms with Crippen LogP contribution >= 0.6 is 27.3 Å². The Morgan fingerprint density at radius 1 is 1.10 bits per heavy atom. The van der Waals surface area contributed by atoms with Crippen LogP contribution in [0.4, 0.5) is 0 Å². The second-order valence-corrected chi connectivity index (χ2v) is 7.81. The van der Waals surface area contributed by atoms with Gasteiger partial charge in [0.05, 0.1) is 39.8 Å². The van der Waals surface area contributed by atoms with E-state index in [2.05, 4.69) is 27.5 Å². The first-order chi connectivity index (χ1) is 14.6. The van der Waals surface area contributed by atoms with Gasteiger partial charge >= 0.3 is 0 Å². The average Bonchev–Trinajstić information content (AvgIpc) is 3.17. The Morgan fingerprint density at radius 3 is 2.43 bits per heavy atom. The minimum absolute atomic E-state index is 0.512. The van der Waals surface area contributed by atoms with E-state index in [1.165, 1.54) is 11.3 Å². The Hall–Kier alpha value is -2.84. The lowest BCUT2D eigenvalue weighted by Gasteiger charge is -2.12. The molecule has 0 aliphatic carbocycles. The van der Waals surface area contributed by atoms with Gasteiger partial charge in [0.2, 0.25) is 10.6 Å². The van der Waals surface area contributed by atoms with Gasteiger partial charge in [-0.3, -0.25) is 4.99 Å². The minimum Gasteiger partial charge on any atom is -0.493 e. The van der Waals surface area contributed by atoms with Crippen molar-refractivity contribution in [3.63, 3.8) is 0 Å². The molecule has 0 bridgehead atoms. The Labute approximate surface area is 187 Å². The number of halogens is 1. The summed E-state index contributed by atoms with van der Waals surface area (Å²) in [6.45, 7) is 4.26. The van der Waals surface area contributed by atoms with Gasteiger partial charge in [-0.1, -0.05) is 34.1 Å². The van der Waals surface area contributed by atoms with Gasteiger partial charge in [-0.05, 0) is 24.3 Å². The first-order valence-electron chi connectivity index (χ1n) is 9.03. The summed E-state index contributed by atoms with van der Waals surface area (Å²) >= 11 is 5.06. The van der Waals surface area contributed by atoms with Crippen LogP contribution in [0.15, 0.2) is 69.0 Å². The molecule has 0 amide bonds. The summed E-state index contributed by atoms with van der Waals surface area (Å²) in [6.07, 6.45) is 3.50. The third kappa shape index (κ3) is 4.83. The Morgan fingerprint density at radius 2 is 1.83 bits per heavy atom. The highest BCUT2D eigenvalue weighted by molar-refractivity contribution is 9.10. The van der Waals surface area contributed by atoms with Gasteiger partial charge in [0.25, 0.3) is 0 Å². The smallest absolute Gasteiger partial charge is 0.206 e. The standard InChI is InChI=1S/C22H22BrN3O3S/c1-5-9-24-22-26(18(14-30-22)16-7-6-8-17(23)12-16)25-13-15-10-19(27-2)21(29-4)20(11-15)28-3/h5-8,10-14H,1,9H2,2-4H3. The van der Waals surface area contributed by atoms with Crippen LogP contribution in [0.25, 0.3) is 11.3 Å². The van der Waals surface area contributed by atoms with Gasteiger partial charge in [-0.15, -0.1) is 17.9 Å². The molecule has 2 aromatic carbocycles. The van der Waals surface area contributed by atoms with Crippen molar-refractivity contribution in [2.24, 2.45) is 10.1 Å². The molecule has 0 saturated heterocycles. The normalized spacial score (nSPS) is 11.7. The fourth-order valence-corrected chi connectivity index (χ4v) is 4.05. The number of methoxy groups -OCH3 is 3. The zero-order chi connectivity index (χ0) is 21.5. The largest absolute Gasteiger partial charge is 0.493 e. The van der Waals surface area contributed by atoms with Crippen molar-refractivity contribution in [2.45, 2.75) is 0 Å². The molecule has 6 nitrogen and oxygen atoms in total. The van der Waals surface area contributed by atoms with Crippen LogP contribution in [0.5, 0.6) is 17.2 Å². The lowest BCUT2D eigenvalue weighted by atomic mass is 10.2. The molecule has 0 fully saturated rings. The van der Waals surface area contributed by atoms with Crippen LogP contribution in [0.1, 0.15) is 5.56 Å². The fourth-order valence-electron chi connectivity index (χ4n) is 2.81. The molecule has 156 valence electrons. The van der Waals surface area contributed by atoms with Crippen LogP contribution in [0.3, 0.4) is 0 Å². The maximum absolute atomic E-state index is 5.43. The fraction of sp³-hybridized carbons (Fsp3) is 0.182. The summed E-state index contributed by atoms with van der Waals surface area (Å²) in [6, 6.07) is 11.8. The summed E-state index contributed by atoms with van der Waals surface area (Å²) in [5.41, 5.74) is 2.77. The molecule has 1 aromatic heterocycles.